The van der Waals surface area contributed by atoms with E-state index >= 15 is 0 Å². The molecule has 0 amide bonds. The maximum atomic E-state index is 4.02. The molecule has 1 aliphatic heterocycles. The zero-order chi connectivity index (χ0) is 8.39. The second-order valence-electron chi connectivity index (χ2n) is 3.20. The van der Waals surface area contributed by atoms with Crippen LogP contribution in [0.5, 0.6) is 0 Å². The molecule has 0 spiro atoms. The molecule has 2 rings (SSSR count). The average Bonchev–Trinajstić information content (AvgIpc) is 2.63. The number of hydrogen-bond donors (Lipinski definition) is 1. The third-order valence-electron chi connectivity index (χ3n) is 2.19. The number of H-pyrrole nitrogens is 1. The summed E-state index contributed by atoms with van der Waals surface area (Å²) in [6.45, 7) is 3.48. The van der Waals surface area contributed by atoms with E-state index in [0.717, 1.165) is 11.1 Å². The van der Waals surface area contributed by atoms with E-state index in [9.17, 15) is 0 Å². The van der Waals surface area contributed by atoms with Gasteiger partial charge in [0.15, 0.2) is 0 Å². The lowest BCUT2D eigenvalue weighted by atomic mass is 10.4. The first kappa shape index (κ1) is 8.26. The third kappa shape index (κ3) is 1.87. The normalized spacial score (nSPS) is 18.8. The van der Waals surface area contributed by atoms with Crippen LogP contribution in [0.4, 0.5) is 0 Å². The maximum Gasteiger partial charge on any atom is 0.128 e. The highest BCUT2D eigenvalue weighted by Crippen LogP contribution is 2.13. The second-order valence-corrected chi connectivity index (χ2v) is 4.01. The SMILES string of the molecule is Brc1cc(CN2CCCC2)[nH]n1. The molecule has 0 aliphatic carbocycles. The summed E-state index contributed by atoms with van der Waals surface area (Å²) >= 11 is 3.32. The highest BCUT2D eigenvalue weighted by molar-refractivity contribution is 9.10. The van der Waals surface area contributed by atoms with E-state index in [2.05, 4.69) is 31.0 Å². The predicted octanol–water partition coefficient (Wildman–Crippen LogP) is 1.77. The molecule has 0 saturated carbocycles. The number of nitrogens with zero attached hydrogens (tertiary/aromatic N) is 2. The molecule has 0 unspecified atom stereocenters. The summed E-state index contributed by atoms with van der Waals surface area (Å²) in [4.78, 5) is 2.44. The highest BCUT2D eigenvalue weighted by atomic mass is 79.9. The number of nitrogens with one attached hydrogen (secondary N) is 1. The lowest BCUT2D eigenvalue weighted by Gasteiger charge is -2.11. The van der Waals surface area contributed by atoms with Crippen LogP contribution in [0.15, 0.2) is 10.7 Å². The summed E-state index contributed by atoms with van der Waals surface area (Å²) < 4.78 is 0.900. The molecule has 3 nitrogen and oxygen atoms in total. The topological polar surface area (TPSA) is 31.9 Å². The number of aromatic nitrogens is 2. The van der Waals surface area contributed by atoms with Gasteiger partial charge in [-0.05, 0) is 47.9 Å². The first-order valence-electron chi connectivity index (χ1n) is 4.27. The van der Waals surface area contributed by atoms with Gasteiger partial charge in [-0.3, -0.25) is 10.00 Å². The van der Waals surface area contributed by atoms with Crippen LogP contribution >= 0.6 is 15.9 Å². The number of halogens is 1. The third-order valence-corrected chi connectivity index (χ3v) is 2.60. The van der Waals surface area contributed by atoms with Gasteiger partial charge in [0.1, 0.15) is 4.60 Å². The lowest BCUT2D eigenvalue weighted by Crippen LogP contribution is -2.18. The summed E-state index contributed by atoms with van der Waals surface area (Å²) in [5.74, 6) is 0. The van der Waals surface area contributed by atoms with Crippen molar-refractivity contribution in [2.24, 2.45) is 0 Å². The van der Waals surface area contributed by atoms with Gasteiger partial charge < -0.3 is 0 Å². The van der Waals surface area contributed by atoms with Crippen molar-refractivity contribution in [1.29, 1.82) is 0 Å². The van der Waals surface area contributed by atoms with Gasteiger partial charge in [-0.2, -0.15) is 5.10 Å². The number of rotatable bonds is 2. The molecular formula is C8H12BrN3. The zero-order valence-corrected chi connectivity index (χ0v) is 8.47. The molecule has 1 N–H and O–H groups in total. The molecule has 0 radical (unpaired) electrons. The monoisotopic (exact) mass is 229 g/mol. The number of likely N-dealkylation sites (tertiary alicyclic amines) is 1. The molecule has 2 heterocycles. The fraction of sp³-hybridized carbons (Fsp3) is 0.625. The van der Waals surface area contributed by atoms with E-state index in [4.69, 9.17) is 0 Å². The quantitative estimate of drug-likeness (QED) is 0.839. The van der Waals surface area contributed by atoms with Crippen LogP contribution in [0.25, 0.3) is 0 Å². The number of hydrogen-bond acceptors (Lipinski definition) is 2. The van der Waals surface area contributed by atoms with E-state index in [1.807, 2.05) is 6.07 Å². The van der Waals surface area contributed by atoms with Crippen molar-refractivity contribution < 1.29 is 0 Å². The van der Waals surface area contributed by atoms with Crippen molar-refractivity contribution in [1.82, 2.24) is 15.1 Å². The minimum absolute atomic E-state index is 0.900. The van der Waals surface area contributed by atoms with Gasteiger partial charge in [0.2, 0.25) is 0 Å². The Kier molecular flexibility index (Phi) is 2.46. The fourth-order valence-corrected chi connectivity index (χ4v) is 1.96. The van der Waals surface area contributed by atoms with Crippen LogP contribution < -0.4 is 0 Å². The van der Waals surface area contributed by atoms with Crippen LogP contribution in [0.3, 0.4) is 0 Å². The molecule has 0 bridgehead atoms. The summed E-state index contributed by atoms with van der Waals surface area (Å²) in [7, 11) is 0. The fourth-order valence-electron chi connectivity index (χ4n) is 1.60. The van der Waals surface area contributed by atoms with E-state index in [0.29, 0.717) is 0 Å². The van der Waals surface area contributed by atoms with Gasteiger partial charge in [-0.15, -0.1) is 0 Å². The summed E-state index contributed by atoms with van der Waals surface area (Å²) in [6.07, 6.45) is 2.69. The zero-order valence-electron chi connectivity index (χ0n) is 6.89. The maximum absolute atomic E-state index is 4.02. The average molecular weight is 230 g/mol. The lowest BCUT2D eigenvalue weighted by molar-refractivity contribution is 0.327. The second kappa shape index (κ2) is 3.58. The van der Waals surface area contributed by atoms with Crippen molar-refractivity contribution >= 4 is 15.9 Å². The van der Waals surface area contributed by atoms with Crippen molar-refractivity contribution in [3.63, 3.8) is 0 Å². The molecule has 12 heavy (non-hydrogen) atoms. The van der Waals surface area contributed by atoms with Crippen molar-refractivity contribution in [2.75, 3.05) is 13.1 Å². The van der Waals surface area contributed by atoms with Crippen LogP contribution in [0, 0.1) is 0 Å². The Labute approximate surface area is 80.3 Å². The Morgan fingerprint density at radius 1 is 1.50 bits per heavy atom. The van der Waals surface area contributed by atoms with Crippen LogP contribution in [-0.4, -0.2) is 28.2 Å². The van der Waals surface area contributed by atoms with Gasteiger partial charge in [0, 0.05) is 6.54 Å². The molecular weight excluding hydrogens is 218 g/mol. The van der Waals surface area contributed by atoms with Crippen molar-refractivity contribution in [3.05, 3.63) is 16.4 Å². The minimum Gasteiger partial charge on any atom is -0.298 e. The molecule has 1 aromatic heterocycles. The first-order chi connectivity index (χ1) is 5.84. The first-order valence-corrected chi connectivity index (χ1v) is 5.06. The largest absolute Gasteiger partial charge is 0.298 e. The van der Waals surface area contributed by atoms with Crippen molar-refractivity contribution in [2.45, 2.75) is 19.4 Å². The molecule has 0 aromatic carbocycles. The summed E-state index contributed by atoms with van der Waals surface area (Å²) in [5.41, 5.74) is 1.20. The smallest absolute Gasteiger partial charge is 0.128 e. The van der Waals surface area contributed by atoms with E-state index in [-0.39, 0.29) is 0 Å². The highest BCUT2D eigenvalue weighted by Gasteiger charge is 2.12. The van der Waals surface area contributed by atoms with Crippen LogP contribution in [0.1, 0.15) is 18.5 Å². The molecule has 1 fully saturated rings. The summed E-state index contributed by atoms with van der Waals surface area (Å²) in [5, 5.41) is 7.02. The molecule has 66 valence electrons. The predicted molar refractivity (Wildman–Crippen MR) is 50.8 cm³/mol. The van der Waals surface area contributed by atoms with Gasteiger partial charge in [-0.25, -0.2) is 0 Å². The molecule has 1 aliphatic rings. The van der Waals surface area contributed by atoms with Gasteiger partial charge in [0.05, 0.1) is 5.69 Å². The Balaban J connectivity index is 1.94. The Hall–Kier alpha value is -0.350. The van der Waals surface area contributed by atoms with Gasteiger partial charge >= 0.3 is 0 Å². The van der Waals surface area contributed by atoms with E-state index < -0.39 is 0 Å². The Bertz CT molecular complexity index is 253. The van der Waals surface area contributed by atoms with Crippen molar-refractivity contribution in [3.8, 4) is 0 Å². The Morgan fingerprint density at radius 3 is 2.83 bits per heavy atom. The molecule has 1 aromatic rings. The van der Waals surface area contributed by atoms with E-state index in [1.54, 1.807) is 0 Å². The molecule has 4 heteroatoms. The Morgan fingerprint density at radius 2 is 2.25 bits per heavy atom. The summed E-state index contributed by atoms with van der Waals surface area (Å²) in [6, 6.07) is 2.04. The minimum atomic E-state index is 0.900. The number of aromatic amines is 1. The standard InChI is InChI=1S/C8H12BrN3/c9-8-5-7(10-11-8)6-12-3-1-2-4-12/h5H,1-4,6H2,(H,10,11). The van der Waals surface area contributed by atoms with E-state index in [1.165, 1.54) is 31.6 Å². The molecule has 0 atom stereocenters. The van der Waals surface area contributed by atoms with Gasteiger partial charge in [0.25, 0.3) is 0 Å². The van der Waals surface area contributed by atoms with Crippen LogP contribution in [-0.2, 0) is 6.54 Å². The van der Waals surface area contributed by atoms with Crippen LogP contribution in [0.2, 0.25) is 0 Å². The van der Waals surface area contributed by atoms with Gasteiger partial charge in [-0.1, -0.05) is 0 Å². The molecule has 1 saturated heterocycles.